The highest BCUT2D eigenvalue weighted by molar-refractivity contribution is 7.88. The predicted octanol–water partition coefficient (Wildman–Crippen LogP) is -2.07. The molecule has 0 bridgehead atoms. The molecule has 1 fully saturated rings. The average Bonchev–Trinajstić information content (AvgIpc) is 2.97. The number of aromatic amines is 1. The van der Waals surface area contributed by atoms with E-state index in [2.05, 4.69) is 14.7 Å². The van der Waals surface area contributed by atoms with E-state index >= 15 is 0 Å². The number of nitrogens with two attached hydrogens (primary N) is 1. The number of aromatic nitrogens is 3. The average molecular weight is 377 g/mol. The smallest absolute Gasteiger partial charge is 0.311 e. The van der Waals surface area contributed by atoms with E-state index in [4.69, 9.17) is 10.5 Å². The molecule has 132 valence electrons. The molecular weight excluding hydrogens is 362 g/mol. The van der Waals surface area contributed by atoms with Crippen LogP contribution in [0.15, 0.2) is 9.59 Å². The molecule has 3 rings (SSSR count). The quantitative estimate of drug-likeness (QED) is 0.471. The largest absolute Gasteiger partial charge is 0.394 e. The maximum absolute atomic E-state index is 12.3. The minimum atomic E-state index is -3.58. The van der Waals surface area contributed by atoms with Crippen LogP contribution in [0.1, 0.15) is 12.6 Å². The number of fused-ring (bicyclic) bond motifs is 1. The van der Waals surface area contributed by atoms with Crippen molar-refractivity contribution in [3.8, 4) is 0 Å². The Balaban J connectivity index is 2.15. The van der Waals surface area contributed by atoms with Crippen molar-refractivity contribution < 1.29 is 18.3 Å². The minimum absolute atomic E-state index is 0.00939. The molecular formula is C11H15N5O6S2. The summed E-state index contributed by atoms with van der Waals surface area (Å²) in [6.45, 7) is -0.342. The first-order valence-corrected chi connectivity index (χ1v) is 9.55. The van der Waals surface area contributed by atoms with Gasteiger partial charge in [-0.1, -0.05) is 11.3 Å². The molecule has 0 radical (unpaired) electrons. The van der Waals surface area contributed by atoms with Gasteiger partial charge in [0.05, 0.1) is 25.0 Å². The van der Waals surface area contributed by atoms with Crippen LogP contribution in [0.5, 0.6) is 0 Å². The Morgan fingerprint density at radius 3 is 2.88 bits per heavy atom. The zero-order valence-electron chi connectivity index (χ0n) is 12.4. The van der Waals surface area contributed by atoms with Crippen LogP contribution < -0.4 is 20.9 Å². The van der Waals surface area contributed by atoms with Crippen LogP contribution in [0.3, 0.4) is 0 Å². The molecule has 5 N–H and O–H groups in total. The minimum Gasteiger partial charge on any atom is -0.394 e. The fourth-order valence-corrected chi connectivity index (χ4v) is 4.26. The third-order valence-corrected chi connectivity index (χ3v) is 5.18. The second-order valence-electron chi connectivity index (χ2n) is 5.41. The second-order valence-corrected chi connectivity index (χ2v) is 8.15. The van der Waals surface area contributed by atoms with Crippen LogP contribution in [0, 0.1) is 0 Å². The third-order valence-electron chi connectivity index (χ3n) is 3.51. The number of nitrogens with zero attached hydrogens (tertiary/aromatic N) is 2. The number of aliphatic hydroxyl groups is 1. The first-order valence-electron chi connectivity index (χ1n) is 6.84. The molecule has 0 amide bonds. The van der Waals surface area contributed by atoms with Gasteiger partial charge in [-0.25, -0.2) is 13.1 Å². The summed E-state index contributed by atoms with van der Waals surface area (Å²) >= 11 is 0.656. The van der Waals surface area contributed by atoms with Gasteiger partial charge < -0.3 is 15.6 Å². The first-order chi connectivity index (χ1) is 11.2. The summed E-state index contributed by atoms with van der Waals surface area (Å²) in [6, 6.07) is -0.796. The van der Waals surface area contributed by atoms with E-state index in [9.17, 15) is 23.1 Å². The van der Waals surface area contributed by atoms with E-state index in [0.29, 0.717) is 11.3 Å². The molecule has 0 spiro atoms. The number of hydrogen-bond donors (Lipinski definition) is 4. The molecule has 1 saturated heterocycles. The molecule has 13 heteroatoms. The number of sulfonamides is 1. The Bertz CT molecular complexity index is 992. The van der Waals surface area contributed by atoms with E-state index in [1.165, 1.54) is 0 Å². The van der Waals surface area contributed by atoms with Gasteiger partial charge in [0.1, 0.15) is 4.70 Å². The maximum Gasteiger partial charge on any atom is 0.311 e. The molecule has 3 atom stereocenters. The van der Waals surface area contributed by atoms with E-state index in [1.807, 2.05) is 0 Å². The standard InChI is InChI=1S/C11H15N5O6S2/c1-24(20,21)15-5-2-4(3-17)22-9(5)16-7-6(23-11(16)19)8(18)14-10(12)13-7/h4-5,9,15,17H,2-3H2,1H3,(H3,12,13,14,18)/t4-,5+,9?/m0/s1. The lowest BCUT2D eigenvalue weighted by Gasteiger charge is -2.19. The van der Waals surface area contributed by atoms with Crippen molar-refractivity contribution in [3.63, 3.8) is 0 Å². The highest BCUT2D eigenvalue weighted by atomic mass is 32.2. The van der Waals surface area contributed by atoms with Gasteiger partial charge in [0.15, 0.2) is 11.9 Å². The highest BCUT2D eigenvalue weighted by Crippen LogP contribution is 2.30. The Morgan fingerprint density at radius 1 is 1.54 bits per heavy atom. The van der Waals surface area contributed by atoms with Gasteiger partial charge in [-0.05, 0) is 6.42 Å². The van der Waals surface area contributed by atoms with Crippen molar-refractivity contribution >= 4 is 37.7 Å². The van der Waals surface area contributed by atoms with Crippen LogP contribution in [-0.4, -0.2) is 53.1 Å². The first kappa shape index (κ1) is 17.0. The normalized spacial score (nSPS) is 24.7. The van der Waals surface area contributed by atoms with Gasteiger partial charge >= 0.3 is 4.87 Å². The van der Waals surface area contributed by atoms with Gasteiger partial charge in [-0.2, -0.15) is 4.98 Å². The molecule has 0 aromatic carbocycles. The van der Waals surface area contributed by atoms with Gasteiger partial charge in [0, 0.05) is 0 Å². The summed E-state index contributed by atoms with van der Waals surface area (Å²) in [5.41, 5.74) is 4.96. The fraction of sp³-hybridized carbons (Fsp3) is 0.545. The number of thiazole rings is 1. The van der Waals surface area contributed by atoms with Crippen LogP contribution in [0.4, 0.5) is 5.95 Å². The molecule has 24 heavy (non-hydrogen) atoms. The zero-order chi connectivity index (χ0) is 17.6. The Hall–Kier alpha value is -1.80. The lowest BCUT2D eigenvalue weighted by atomic mass is 10.2. The number of H-pyrrole nitrogens is 1. The van der Waals surface area contributed by atoms with Gasteiger partial charge in [-0.15, -0.1) is 0 Å². The van der Waals surface area contributed by atoms with Crippen molar-refractivity contribution in [2.24, 2.45) is 0 Å². The predicted molar refractivity (Wildman–Crippen MR) is 86.3 cm³/mol. The lowest BCUT2D eigenvalue weighted by molar-refractivity contribution is -0.0257. The van der Waals surface area contributed by atoms with E-state index in [-0.39, 0.29) is 29.3 Å². The molecule has 11 nitrogen and oxygen atoms in total. The van der Waals surface area contributed by atoms with Crippen LogP contribution in [0.25, 0.3) is 10.3 Å². The summed E-state index contributed by atoms with van der Waals surface area (Å²) in [4.78, 5) is 29.9. The Morgan fingerprint density at radius 2 is 2.25 bits per heavy atom. The number of ether oxygens (including phenoxy) is 1. The van der Waals surface area contributed by atoms with Crippen molar-refractivity contribution in [2.75, 3.05) is 18.6 Å². The molecule has 3 heterocycles. The highest BCUT2D eigenvalue weighted by Gasteiger charge is 2.39. The third kappa shape index (κ3) is 3.08. The monoisotopic (exact) mass is 377 g/mol. The van der Waals surface area contributed by atoms with Crippen molar-refractivity contribution in [3.05, 3.63) is 20.0 Å². The summed E-state index contributed by atoms with van der Waals surface area (Å²) in [7, 11) is -3.58. The molecule has 1 unspecified atom stereocenters. The molecule has 1 aliphatic rings. The zero-order valence-corrected chi connectivity index (χ0v) is 14.1. The number of aliphatic hydroxyl groups excluding tert-OH is 1. The fourth-order valence-electron chi connectivity index (χ4n) is 2.66. The SMILES string of the molecule is CS(=O)(=O)N[C@@H]1C[C@@H](CO)OC1n1c(=O)sc2c(=O)[nH]c(N)nc21. The van der Waals surface area contributed by atoms with Crippen LogP contribution >= 0.6 is 11.3 Å². The van der Waals surface area contributed by atoms with Crippen molar-refractivity contribution in [1.29, 1.82) is 0 Å². The molecule has 2 aromatic rings. The summed E-state index contributed by atoms with van der Waals surface area (Å²) in [6.07, 6.45) is -0.565. The van der Waals surface area contributed by atoms with E-state index < -0.39 is 38.8 Å². The van der Waals surface area contributed by atoms with Crippen LogP contribution in [-0.2, 0) is 14.8 Å². The number of nitrogen functional groups attached to an aromatic ring is 1. The van der Waals surface area contributed by atoms with E-state index in [1.54, 1.807) is 0 Å². The second kappa shape index (κ2) is 5.93. The Labute approximate surface area is 139 Å². The van der Waals surface area contributed by atoms with Gasteiger partial charge in [0.25, 0.3) is 5.56 Å². The topological polar surface area (TPSA) is 169 Å². The van der Waals surface area contributed by atoms with Crippen molar-refractivity contribution in [1.82, 2.24) is 19.3 Å². The lowest BCUT2D eigenvalue weighted by Crippen LogP contribution is -2.40. The van der Waals surface area contributed by atoms with Crippen LogP contribution in [0.2, 0.25) is 0 Å². The van der Waals surface area contributed by atoms with Gasteiger partial charge in [-0.3, -0.25) is 19.1 Å². The maximum atomic E-state index is 12.3. The number of hydrogen-bond acceptors (Lipinski definition) is 9. The molecule has 1 aliphatic heterocycles. The molecule has 0 saturated carbocycles. The molecule has 0 aliphatic carbocycles. The van der Waals surface area contributed by atoms with Gasteiger partial charge in [0.2, 0.25) is 16.0 Å². The van der Waals surface area contributed by atoms with E-state index in [0.717, 1.165) is 10.8 Å². The summed E-state index contributed by atoms with van der Waals surface area (Å²) in [5, 5.41) is 9.29. The Kier molecular flexibility index (Phi) is 4.21. The summed E-state index contributed by atoms with van der Waals surface area (Å²) < 4.78 is 32.2. The molecule has 2 aromatic heterocycles. The summed E-state index contributed by atoms with van der Waals surface area (Å²) in [5.74, 6) is -0.177. The number of nitrogens with one attached hydrogen (secondary N) is 2. The number of rotatable bonds is 4. The van der Waals surface area contributed by atoms with Crippen molar-refractivity contribution in [2.45, 2.75) is 24.8 Å². The number of anilines is 1.